The molecule has 4 rings (SSSR count). The Balaban J connectivity index is 1.86. The van der Waals surface area contributed by atoms with Crippen LogP contribution in [0.4, 0.5) is 5.82 Å². The molecular weight excluding hydrogens is 318 g/mol. The van der Waals surface area contributed by atoms with E-state index < -0.39 is 0 Å². The quantitative estimate of drug-likeness (QED) is 0.733. The Labute approximate surface area is 145 Å². The first-order valence-corrected chi connectivity index (χ1v) is 8.53. The fourth-order valence-electron chi connectivity index (χ4n) is 3.18. The first-order chi connectivity index (χ1) is 12.2. The van der Waals surface area contributed by atoms with Crippen molar-refractivity contribution >= 4 is 17.0 Å². The lowest BCUT2D eigenvalue weighted by Crippen LogP contribution is -2.08. The van der Waals surface area contributed by atoms with E-state index in [2.05, 4.69) is 39.2 Å². The molecule has 0 fully saturated rings. The van der Waals surface area contributed by atoms with Crippen molar-refractivity contribution in [3.63, 3.8) is 0 Å². The Morgan fingerprint density at radius 1 is 1.12 bits per heavy atom. The molecule has 2 aromatic heterocycles. The van der Waals surface area contributed by atoms with Gasteiger partial charge in [0.1, 0.15) is 0 Å². The summed E-state index contributed by atoms with van der Waals surface area (Å²) in [4.78, 5) is 13.2. The van der Waals surface area contributed by atoms with Gasteiger partial charge in [-0.1, -0.05) is 24.3 Å². The number of fused-ring (bicyclic) bond motifs is 3. The molecule has 0 amide bonds. The second-order valence-corrected chi connectivity index (χ2v) is 6.23. The van der Waals surface area contributed by atoms with Crippen molar-refractivity contribution in [2.75, 3.05) is 19.5 Å². The molecule has 0 aliphatic carbocycles. The number of nitrogen functional groups attached to an aromatic ring is 1. The number of ether oxygens (including phenoxy) is 2. The fraction of sp³-hybridized carbons (Fsp3) is 0.389. The molecule has 0 radical (unpaired) electrons. The second-order valence-electron chi connectivity index (χ2n) is 6.23. The largest absolute Gasteiger partial charge is 0.468 e. The van der Waals surface area contributed by atoms with Gasteiger partial charge in [0.15, 0.2) is 17.0 Å². The van der Waals surface area contributed by atoms with E-state index in [1.807, 2.05) is 4.57 Å². The summed E-state index contributed by atoms with van der Waals surface area (Å²) in [5, 5.41) is 0. The van der Waals surface area contributed by atoms with E-state index in [-0.39, 0.29) is 0 Å². The number of anilines is 1. The molecule has 7 nitrogen and oxygen atoms in total. The highest BCUT2D eigenvalue weighted by Gasteiger charge is 2.18. The minimum atomic E-state index is 0.291. The van der Waals surface area contributed by atoms with Gasteiger partial charge in [-0.05, 0) is 36.8 Å². The Bertz CT molecular complexity index is 906. The highest BCUT2D eigenvalue weighted by atomic mass is 16.5. The summed E-state index contributed by atoms with van der Waals surface area (Å²) in [5.41, 5.74) is 9.74. The number of methoxy groups -OCH3 is 1. The Hall–Kier alpha value is -2.83. The van der Waals surface area contributed by atoms with Crippen molar-refractivity contribution in [2.24, 2.45) is 0 Å². The van der Waals surface area contributed by atoms with Crippen LogP contribution >= 0.6 is 0 Å². The minimum absolute atomic E-state index is 0.291. The lowest BCUT2D eigenvalue weighted by molar-refractivity contribution is 0.283. The first kappa shape index (κ1) is 15.7. The molecule has 4 bridgehead atoms. The van der Waals surface area contributed by atoms with Crippen LogP contribution < -0.4 is 15.2 Å². The molecule has 2 N–H and O–H groups in total. The molecule has 3 heterocycles. The first-order valence-electron chi connectivity index (χ1n) is 8.53. The number of hydrogen-bond acceptors (Lipinski definition) is 6. The molecule has 25 heavy (non-hydrogen) atoms. The van der Waals surface area contributed by atoms with E-state index in [1.165, 1.54) is 11.1 Å². The summed E-state index contributed by atoms with van der Waals surface area (Å²) in [7, 11) is 1.59. The molecule has 3 aromatic rings. The SMILES string of the molecule is COc1nc2c(N)nc3nc2n1Cc1cccc(c1)CCCCCO3. The molecule has 1 aliphatic rings. The number of aryl methyl sites for hydroxylation is 1. The molecule has 0 unspecified atom stereocenters. The van der Waals surface area contributed by atoms with Gasteiger partial charge in [0, 0.05) is 0 Å². The van der Waals surface area contributed by atoms with E-state index in [9.17, 15) is 0 Å². The van der Waals surface area contributed by atoms with Gasteiger partial charge in [0.05, 0.1) is 20.3 Å². The third kappa shape index (κ3) is 3.09. The lowest BCUT2D eigenvalue weighted by Gasteiger charge is -2.11. The Kier molecular flexibility index (Phi) is 4.13. The zero-order valence-corrected chi connectivity index (χ0v) is 14.2. The van der Waals surface area contributed by atoms with Gasteiger partial charge in [-0.2, -0.15) is 15.0 Å². The van der Waals surface area contributed by atoms with Crippen molar-refractivity contribution in [1.82, 2.24) is 19.5 Å². The Morgan fingerprint density at radius 3 is 2.88 bits per heavy atom. The molecular formula is C18H21N5O2. The van der Waals surface area contributed by atoms with Gasteiger partial charge in [-0.25, -0.2) is 0 Å². The maximum absolute atomic E-state index is 6.06. The number of aromatic nitrogens is 4. The topological polar surface area (TPSA) is 88.1 Å². The van der Waals surface area contributed by atoms with E-state index in [1.54, 1.807) is 7.11 Å². The van der Waals surface area contributed by atoms with Gasteiger partial charge >= 0.3 is 6.01 Å². The van der Waals surface area contributed by atoms with E-state index in [0.717, 1.165) is 25.7 Å². The average Bonchev–Trinajstić information content (AvgIpc) is 2.96. The molecule has 7 heteroatoms. The van der Waals surface area contributed by atoms with Crippen molar-refractivity contribution in [3.8, 4) is 12.0 Å². The summed E-state index contributed by atoms with van der Waals surface area (Å²) in [6, 6.07) is 9.36. The molecule has 0 saturated carbocycles. The molecule has 0 spiro atoms. The third-order valence-corrected chi connectivity index (χ3v) is 4.42. The number of nitrogens with zero attached hydrogens (tertiary/aromatic N) is 4. The molecule has 0 saturated heterocycles. The third-order valence-electron chi connectivity index (χ3n) is 4.42. The maximum atomic E-state index is 6.06. The fourth-order valence-corrected chi connectivity index (χ4v) is 3.18. The van der Waals surface area contributed by atoms with Crippen LogP contribution in [0, 0.1) is 0 Å². The lowest BCUT2D eigenvalue weighted by atomic mass is 10.0. The standard InChI is InChI=1S/C18H21N5O2/c1-24-18-20-14-15(19)21-17-22-16(14)23(18)11-13-8-5-7-12(10-13)6-3-2-4-9-25-17/h5,7-8,10H,2-4,6,9,11H2,1H3,(H2,19,21,22). The van der Waals surface area contributed by atoms with Crippen LogP contribution in [0.1, 0.15) is 30.4 Å². The summed E-state index contributed by atoms with van der Waals surface area (Å²) < 4.78 is 13.0. The summed E-state index contributed by atoms with van der Waals surface area (Å²) >= 11 is 0. The summed E-state index contributed by atoms with van der Waals surface area (Å²) in [6.45, 7) is 1.18. The number of hydrogen-bond donors (Lipinski definition) is 1. The number of rotatable bonds is 1. The highest BCUT2D eigenvalue weighted by molar-refractivity contribution is 5.83. The summed E-state index contributed by atoms with van der Waals surface area (Å²) in [5.74, 6) is 0.304. The Morgan fingerprint density at radius 2 is 2.00 bits per heavy atom. The van der Waals surface area contributed by atoms with Crippen LogP contribution in [-0.4, -0.2) is 33.2 Å². The van der Waals surface area contributed by atoms with Gasteiger partial charge < -0.3 is 15.2 Å². The predicted molar refractivity (Wildman–Crippen MR) is 94.9 cm³/mol. The van der Waals surface area contributed by atoms with Crippen LogP contribution in [0.5, 0.6) is 12.0 Å². The highest BCUT2D eigenvalue weighted by Crippen LogP contribution is 2.27. The molecule has 1 aliphatic heterocycles. The molecule has 1 aromatic carbocycles. The van der Waals surface area contributed by atoms with Gasteiger partial charge in [0.25, 0.3) is 6.01 Å². The smallest absolute Gasteiger partial charge is 0.320 e. The minimum Gasteiger partial charge on any atom is -0.468 e. The van der Waals surface area contributed by atoms with Crippen LogP contribution in [0.2, 0.25) is 0 Å². The van der Waals surface area contributed by atoms with Crippen LogP contribution in [-0.2, 0) is 13.0 Å². The predicted octanol–water partition coefficient (Wildman–Crippen LogP) is 2.57. The van der Waals surface area contributed by atoms with Crippen molar-refractivity contribution in [3.05, 3.63) is 35.4 Å². The summed E-state index contributed by atoms with van der Waals surface area (Å²) in [6.07, 6.45) is 4.27. The van der Waals surface area contributed by atoms with Gasteiger partial charge in [0.2, 0.25) is 0 Å². The van der Waals surface area contributed by atoms with E-state index in [4.69, 9.17) is 15.2 Å². The van der Waals surface area contributed by atoms with Crippen molar-refractivity contribution in [1.29, 1.82) is 0 Å². The van der Waals surface area contributed by atoms with Gasteiger partial charge in [-0.15, -0.1) is 0 Å². The second kappa shape index (κ2) is 6.58. The zero-order chi connectivity index (χ0) is 17.2. The van der Waals surface area contributed by atoms with E-state index >= 15 is 0 Å². The normalized spacial score (nSPS) is 14.9. The number of benzene rings is 1. The van der Waals surface area contributed by atoms with Crippen LogP contribution in [0.25, 0.3) is 11.2 Å². The maximum Gasteiger partial charge on any atom is 0.320 e. The van der Waals surface area contributed by atoms with Gasteiger partial charge in [-0.3, -0.25) is 4.57 Å². The molecule has 130 valence electrons. The van der Waals surface area contributed by atoms with Crippen LogP contribution in [0.15, 0.2) is 24.3 Å². The number of imidazole rings is 1. The van der Waals surface area contributed by atoms with Crippen molar-refractivity contribution < 1.29 is 9.47 Å². The van der Waals surface area contributed by atoms with Crippen LogP contribution in [0.3, 0.4) is 0 Å². The zero-order valence-electron chi connectivity index (χ0n) is 14.2. The van der Waals surface area contributed by atoms with Crippen molar-refractivity contribution in [2.45, 2.75) is 32.2 Å². The molecule has 0 atom stereocenters. The average molecular weight is 339 g/mol. The number of nitrogens with two attached hydrogens (primary N) is 1. The van der Waals surface area contributed by atoms with E-state index in [0.29, 0.717) is 42.2 Å². The monoisotopic (exact) mass is 339 g/mol.